The van der Waals surface area contributed by atoms with Crippen molar-refractivity contribution in [3.8, 4) is 0 Å². The number of carbonyl (C=O) groups excluding carboxylic acids is 1. The van der Waals surface area contributed by atoms with Gasteiger partial charge in [-0.15, -0.1) is 0 Å². The third kappa shape index (κ3) is 4.33. The van der Waals surface area contributed by atoms with Crippen LogP contribution in [0, 0.1) is 0 Å². The molecule has 1 fully saturated rings. The highest BCUT2D eigenvalue weighted by Gasteiger charge is 2.37. The van der Waals surface area contributed by atoms with Gasteiger partial charge < -0.3 is 10.2 Å². The van der Waals surface area contributed by atoms with Crippen molar-refractivity contribution in [3.63, 3.8) is 0 Å². The predicted molar refractivity (Wildman–Crippen MR) is 110 cm³/mol. The average molecular weight is 432 g/mol. The maximum atomic E-state index is 13.9. The Bertz CT molecular complexity index is 1080. The average Bonchev–Trinajstić information content (AvgIpc) is 3.14. The molecule has 3 aromatic heterocycles. The summed E-state index contributed by atoms with van der Waals surface area (Å²) in [5, 5.41) is 9.51. The summed E-state index contributed by atoms with van der Waals surface area (Å²) >= 11 is 0. The molecule has 7 nitrogen and oxygen atoms in total. The number of H-pyrrole nitrogens is 1. The molecule has 0 aliphatic carbocycles. The van der Waals surface area contributed by atoms with Gasteiger partial charge in [-0.3, -0.25) is 14.9 Å². The Labute approximate surface area is 177 Å². The number of amides is 1. The summed E-state index contributed by atoms with van der Waals surface area (Å²) in [7, 11) is 0. The van der Waals surface area contributed by atoms with E-state index in [0.717, 1.165) is 6.07 Å². The molecule has 1 aliphatic heterocycles. The van der Waals surface area contributed by atoms with Crippen LogP contribution >= 0.6 is 0 Å². The standard InChI is InChI=1S/C21H23F3N6O/c1-12(2)26-18-17-14(21(22,23)24)10-16(27-19(17)29-28-18)13-6-5-9-30(11-13)20(31)15-7-3-4-8-25-15/h3-4,7-8,10,12-13H,5-6,9,11H2,1-2H3,(H2,26,27,28,29). The maximum Gasteiger partial charge on any atom is 0.417 e. The summed E-state index contributed by atoms with van der Waals surface area (Å²) in [6, 6.07) is 6.10. The van der Waals surface area contributed by atoms with E-state index in [1.54, 1.807) is 29.3 Å². The number of likely N-dealkylation sites (tertiary alicyclic amines) is 1. The first kappa shape index (κ1) is 21.1. The van der Waals surface area contributed by atoms with Gasteiger partial charge >= 0.3 is 6.18 Å². The minimum Gasteiger partial charge on any atom is -0.366 e. The summed E-state index contributed by atoms with van der Waals surface area (Å²) in [6.07, 6.45) is -1.70. The van der Waals surface area contributed by atoms with Crippen molar-refractivity contribution in [1.82, 2.24) is 25.1 Å². The van der Waals surface area contributed by atoms with E-state index in [1.165, 1.54) is 0 Å². The van der Waals surface area contributed by atoms with E-state index in [0.29, 0.717) is 30.8 Å². The first-order valence-electron chi connectivity index (χ1n) is 10.2. The van der Waals surface area contributed by atoms with Crippen molar-refractivity contribution in [2.75, 3.05) is 18.4 Å². The molecule has 0 spiro atoms. The number of nitrogens with zero attached hydrogens (tertiary/aromatic N) is 4. The van der Waals surface area contributed by atoms with Crippen LogP contribution in [0.15, 0.2) is 30.5 Å². The molecular formula is C21H23F3N6O. The zero-order valence-corrected chi connectivity index (χ0v) is 17.2. The highest BCUT2D eigenvalue weighted by molar-refractivity contribution is 5.92. The van der Waals surface area contributed by atoms with Gasteiger partial charge in [0.15, 0.2) is 11.5 Å². The number of rotatable bonds is 4. The molecule has 1 aliphatic rings. The van der Waals surface area contributed by atoms with Crippen LogP contribution in [0.1, 0.15) is 54.4 Å². The lowest BCUT2D eigenvalue weighted by Gasteiger charge is -2.32. The third-order valence-electron chi connectivity index (χ3n) is 5.29. The van der Waals surface area contributed by atoms with E-state index in [9.17, 15) is 18.0 Å². The Morgan fingerprint density at radius 2 is 2.13 bits per heavy atom. The molecule has 2 N–H and O–H groups in total. The highest BCUT2D eigenvalue weighted by Crippen LogP contribution is 2.39. The second-order valence-electron chi connectivity index (χ2n) is 7.99. The molecular weight excluding hydrogens is 409 g/mol. The van der Waals surface area contributed by atoms with E-state index in [4.69, 9.17) is 0 Å². The van der Waals surface area contributed by atoms with Crippen LogP contribution in [0.4, 0.5) is 19.0 Å². The Morgan fingerprint density at radius 1 is 1.32 bits per heavy atom. The largest absolute Gasteiger partial charge is 0.417 e. The van der Waals surface area contributed by atoms with Crippen molar-refractivity contribution in [2.45, 2.75) is 44.8 Å². The first-order chi connectivity index (χ1) is 14.7. The molecule has 31 heavy (non-hydrogen) atoms. The topological polar surface area (TPSA) is 86.8 Å². The number of alkyl halides is 3. The molecule has 10 heteroatoms. The van der Waals surface area contributed by atoms with Crippen molar-refractivity contribution in [1.29, 1.82) is 0 Å². The molecule has 4 rings (SSSR count). The van der Waals surface area contributed by atoms with Gasteiger partial charge in [0.05, 0.1) is 10.9 Å². The number of piperidine rings is 1. The SMILES string of the molecule is CC(C)Nc1n[nH]c2nc(C3CCCN(C(=O)c4ccccn4)C3)cc(C(F)(F)F)c12. The van der Waals surface area contributed by atoms with Crippen LogP contribution < -0.4 is 5.32 Å². The molecule has 0 bridgehead atoms. The second kappa shape index (κ2) is 8.16. The zero-order chi connectivity index (χ0) is 22.2. The number of anilines is 1. The fraction of sp³-hybridized carbons (Fsp3) is 0.429. The molecule has 0 saturated carbocycles. The van der Waals surface area contributed by atoms with Crippen molar-refractivity contribution in [3.05, 3.63) is 47.4 Å². The number of hydrogen-bond acceptors (Lipinski definition) is 5. The molecule has 0 aromatic carbocycles. The quantitative estimate of drug-likeness (QED) is 0.645. The van der Waals surface area contributed by atoms with Crippen molar-refractivity contribution >= 4 is 22.8 Å². The van der Waals surface area contributed by atoms with E-state index in [-0.39, 0.29) is 41.3 Å². The van der Waals surface area contributed by atoms with Gasteiger partial charge in [-0.25, -0.2) is 4.98 Å². The Kier molecular flexibility index (Phi) is 5.55. The van der Waals surface area contributed by atoms with Gasteiger partial charge in [0.25, 0.3) is 5.91 Å². The summed E-state index contributed by atoms with van der Waals surface area (Å²) in [5.74, 6) is -0.406. The lowest BCUT2D eigenvalue weighted by Crippen LogP contribution is -2.39. The molecule has 1 unspecified atom stereocenters. The van der Waals surface area contributed by atoms with E-state index in [2.05, 4.69) is 25.5 Å². The van der Waals surface area contributed by atoms with E-state index < -0.39 is 11.7 Å². The number of carbonyl (C=O) groups is 1. The van der Waals surface area contributed by atoms with Crippen LogP contribution in [0.5, 0.6) is 0 Å². The summed E-state index contributed by atoms with van der Waals surface area (Å²) in [4.78, 5) is 22.9. The number of halogens is 3. The van der Waals surface area contributed by atoms with Gasteiger partial charge in [-0.05, 0) is 44.9 Å². The molecule has 0 radical (unpaired) electrons. The lowest BCUT2D eigenvalue weighted by atomic mass is 9.92. The maximum absolute atomic E-state index is 13.9. The molecule has 1 amide bonds. The number of aromatic nitrogens is 4. The van der Waals surface area contributed by atoms with Gasteiger partial charge in [0.1, 0.15) is 5.69 Å². The number of nitrogens with one attached hydrogen (secondary N) is 2. The van der Waals surface area contributed by atoms with Crippen LogP contribution in [0.25, 0.3) is 11.0 Å². The van der Waals surface area contributed by atoms with Gasteiger partial charge in [0, 0.05) is 36.9 Å². The van der Waals surface area contributed by atoms with Crippen LogP contribution in [0.3, 0.4) is 0 Å². The third-order valence-corrected chi connectivity index (χ3v) is 5.29. The predicted octanol–water partition coefficient (Wildman–Crippen LogP) is 4.21. The van der Waals surface area contributed by atoms with E-state index in [1.807, 2.05) is 13.8 Å². The molecule has 164 valence electrons. The van der Waals surface area contributed by atoms with Gasteiger partial charge in [-0.2, -0.15) is 18.3 Å². The minimum atomic E-state index is -4.56. The Morgan fingerprint density at radius 3 is 2.81 bits per heavy atom. The Balaban J connectivity index is 1.68. The molecule has 3 aromatic rings. The fourth-order valence-corrected chi connectivity index (χ4v) is 3.92. The van der Waals surface area contributed by atoms with Crippen LogP contribution in [-0.4, -0.2) is 50.1 Å². The normalized spacial score (nSPS) is 17.4. The second-order valence-corrected chi connectivity index (χ2v) is 7.99. The number of pyridine rings is 2. The zero-order valence-electron chi connectivity index (χ0n) is 17.2. The summed E-state index contributed by atoms with van der Waals surface area (Å²) in [5.41, 5.74) is -0.0719. The molecule has 1 saturated heterocycles. The monoisotopic (exact) mass is 432 g/mol. The van der Waals surface area contributed by atoms with Crippen LogP contribution in [-0.2, 0) is 6.18 Å². The van der Waals surface area contributed by atoms with Crippen molar-refractivity contribution in [2.24, 2.45) is 0 Å². The Hall–Kier alpha value is -3.17. The summed E-state index contributed by atoms with van der Waals surface area (Å²) in [6.45, 7) is 4.47. The van der Waals surface area contributed by atoms with Gasteiger partial charge in [0.2, 0.25) is 0 Å². The fourth-order valence-electron chi connectivity index (χ4n) is 3.92. The molecule has 4 heterocycles. The van der Waals surface area contributed by atoms with Crippen LogP contribution in [0.2, 0.25) is 0 Å². The highest BCUT2D eigenvalue weighted by atomic mass is 19.4. The minimum absolute atomic E-state index is 0.0674. The van der Waals surface area contributed by atoms with E-state index >= 15 is 0 Å². The number of aromatic amines is 1. The number of hydrogen-bond donors (Lipinski definition) is 2. The smallest absolute Gasteiger partial charge is 0.366 e. The van der Waals surface area contributed by atoms with Crippen molar-refractivity contribution < 1.29 is 18.0 Å². The lowest BCUT2D eigenvalue weighted by molar-refractivity contribution is -0.136. The van der Waals surface area contributed by atoms with Gasteiger partial charge in [-0.1, -0.05) is 6.07 Å². The molecule has 1 atom stereocenters. The number of fused-ring (bicyclic) bond motifs is 1. The summed E-state index contributed by atoms with van der Waals surface area (Å²) < 4.78 is 41.7. The first-order valence-corrected chi connectivity index (χ1v) is 10.2.